The van der Waals surface area contributed by atoms with Crippen LogP contribution < -0.4 is 0 Å². The van der Waals surface area contributed by atoms with Gasteiger partial charge in [0.05, 0.1) is 23.2 Å². The van der Waals surface area contributed by atoms with Crippen molar-refractivity contribution in [1.29, 1.82) is 0 Å². The number of halogens is 4. The van der Waals surface area contributed by atoms with Gasteiger partial charge in [-0.05, 0) is 37.1 Å². The predicted octanol–water partition coefficient (Wildman–Crippen LogP) is 4.31. The molecule has 4 rings (SSSR count). The Bertz CT molecular complexity index is 1050. The van der Waals surface area contributed by atoms with Crippen molar-refractivity contribution >= 4 is 5.91 Å². The molecule has 0 saturated carbocycles. The summed E-state index contributed by atoms with van der Waals surface area (Å²) in [6, 6.07) is 7.37. The van der Waals surface area contributed by atoms with Crippen molar-refractivity contribution in [1.82, 2.24) is 20.0 Å². The molecule has 0 N–H and O–H groups in total. The molecule has 2 aromatic heterocycles. The molecule has 1 aliphatic rings. The Morgan fingerprint density at radius 3 is 2.70 bits per heavy atom. The number of piperidine rings is 1. The van der Waals surface area contributed by atoms with Gasteiger partial charge in [0.1, 0.15) is 11.5 Å². The fraction of sp³-hybridized carbons (Fsp3) is 0.300. The lowest BCUT2D eigenvalue weighted by molar-refractivity contribution is -0.138. The molecule has 0 aliphatic carbocycles. The van der Waals surface area contributed by atoms with Gasteiger partial charge < -0.3 is 9.42 Å². The van der Waals surface area contributed by atoms with E-state index in [1.54, 1.807) is 0 Å². The van der Waals surface area contributed by atoms with E-state index in [-0.39, 0.29) is 29.7 Å². The number of carbonyl (C=O) groups is 1. The summed E-state index contributed by atoms with van der Waals surface area (Å²) in [7, 11) is 0. The molecule has 10 heteroatoms. The predicted molar refractivity (Wildman–Crippen MR) is 96.8 cm³/mol. The zero-order chi connectivity index (χ0) is 21.3. The molecular weight excluding hydrogens is 404 g/mol. The highest BCUT2D eigenvalue weighted by molar-refractivity contribution is 5.96. The van der Waals surface area contributed by atoms with Crippen LogP contribution in [0, 0.1) is 5.82 Å². The molecule has 1 atom stereocenters. The number of hydrogen-bond acceptors (Lipinski definition) is 5. The van der Waals surface area contributed by atoms with Crippen LogP contribution in [0.2, 0.25) is 0 Å². The van der Waals surface area contributed by atoms with Crippen molar-refractivity contribution in [2.24, 2.45) is 0 Å². The zero-order valence-electron chi connectivity index (χ0n) is 15.6. The highest BCUT2D eigenvalue weighted by atomic mass is 19.4. The van der Waals surface area contributed by atoms with E-state index < -0.39 is 23.5 Å². The van der Waals surface area contributed by atoms with Crippen LogP contribution in [0.1, 0.15) is 40.6 Å². The molecule has 0 bridgehead atoms. The normalized spacial score (nSPS) is 17.2. The second kappa shape index (κ2) is 7.85. The number of likely N-dealkylation sites (tertiary alicyclic amines) is 1. The van der Waals surface area contributed by atoms with Gasteiger partial charge in [-0.15, -0.1) is 0 Å². The van der Waals surface area contributed by atoms with Crippen molar-refractivity contribution in [2.45, 2.75) is 24.9 Å². The number of rotatable bonds is 3. The van der Waals surface area contributed by atoms with Crippen LogP contribution in [0.4, 0.5) is 17.6 Å². The van der Waals surface area contributed by atoms with Gasteiger partial charge in [-0.25, -0.2) is 9.37 Å². The van der Waals surface area contributed by atoms with Crippen LogP contribution in [-0.4, -0.2) is 39.0 Å². The monoisotopic (exact) mass is 420 g/mol. The molecule has 1 amide bonds. The average molecular weight is 420 g/mol. The highest BCUT2D eigenvalue weighted by Gasteiger charge is 2.37. The van der Waals surface area contributed by atoms with Gasteiger partial charge >= 0.3 is 6.18 Å². The second-order valence-corrected chi connectivity index (χ2v) is 6.95. The maximum Gasteiger partial charge on any atom is 0.417 e. The van der Waals surface area contributed by atoms with E-state index in [0.717, 1.165) is 12.3 Å². The molecule has 1 aliphatic heterocycles. The van der Waals surface area contributed by atoms with Gasteiger partial charge in [0.2, 0.25) is 11.7 Å². The SMILES string of the molecule is O=C(c1ccccc1C(F)(F)F)N1CCCC(c2nc(-c3ccc(F)cn3)no2)C1. The largest absolute Gasteiger partial charge is 0.417 e. The summed E-state index contributed by atoms with van der Waals surface area (Å²) >= 11 is 0. The van der Waals surface area contributed by atoms with Crippen LogP contribution >= 0.6 is 0 Å². The molecule has 6 nitrogen and oxygen atoms in total. The Labute approximate surface area is 168 Å². The minimum atomic E-state index is -4.62. The summed E-state index contributed by atoms with van der Waals surface area (Å²) in [5, 5.41) is 3.84. The zero-order valence-corrected chi connectivity index (χ0v) is 15.6. The number of nitrogens with zero attached hydrogens (tertiary/aromatic N) is 4. The molecule has 1 saturated heterocycles. The summed E-state index contributed by atoms with van der Waals surface area (Å²) in [4.78, 5) is 22.4. The van der Waals surface area contributed by atoms with Gasteiger partial charge in [0.15, 0.2) is 0 Å². The van der Waals surface area contributed by atoms with E-state index >= 15 is 0 Å². The van der Waals surface area contributed by atoms with Gasteiger partial charge in [-0.1, -0.05) is 17.3 Å². The summed E-state index contributed by atoms with van der Waals surface area (Å²) in [5.74, 6) is -1.06. The molecule has 1 aromatic carbocycles. The quantitative estimate of drug-likeness (QED) is 0.591. The van der Waals surface area contributed by atoms with Crippen molar-refractivity contribution < 1.29 is 26.9 Å². The number of pyridine rings is 1. The molecule has 1 fully saturated rings. The fourth-order valence-corrected chi connectivity index (χ4v) is 3.46. The first-order valence-corrected chi connectivity index (χ1v) is 9.24. The molecule has 30 heavy (non-hydrogen) atoms. The number of amides is 1. The Hall–Kier alpha value is -3.30. The number of alkyl halides is 3. The lowest BCUT2D eigenvalue weighted by Crippen LogP contribution is -2.40. The van der Waals surface area contributed by atoms with E-state index in [0.29, 0.717) is 25.1 Å². The van der Waals surface area contributed by atoms with Crippen LogP contribution in [0.25, 0.3) is 11.5 Å². The van der Waals surface area contributed by atoms with Gasteiger partial charge in [0, 0.05) is 13.1 Å². The van der Waals surface area contributed by atoms with Crippen molar-refractivity contribution in [3.63, 3.8) is 0 Å². The van der Waals surface area contributed by atoms with E-state index in [2.05, 4.69) is 15.1 Å². The fourth-order valence-electron chi connectivity index (χ4n) is 3.46. The first kappa shape index (κ1) is 20.0. The van der Waals surface area contributed by atoms with E-state index in [4.69, 9.17) is 4.52 Å². The number of aromatic nitrogens is 3. The molecule has 156 valence electrons. The van der Waals surface area contributed by atoms with Crippen molar-refractivity contribution in [3.8, 4) is 11.5 Å². The van der Waals surface area contributed by atoms with Crippen LogP contribution in [0.3, 0.4) is 0 Å². The number of benzene rings is 1. The standard InChI is InChI=1S/C20H16F4N4O2/c21-13-7-8-16(25-10-13)17-26-18(30-27-17)12-4-3-9-28(11-12)19(29)14-5-1-2-6-15(14)20(22,23)24/h1-2,5-8,10,12H,3-4,9,11H2. The van der Waals surface area contributed by atoms with Crippen LogP contribution in [-0.2, 0) is 6.18 Å². The van der Waals surface area contributed by atoms with Crippen LogP contribution in [0.15, 0.2) is 47.1 Å². The van der Waals surface area contributed by atoms with E-state index in [9.17, 15) is 22.4 Å². The lowest BCUT2D eigenvalue weighted by Gasteiger charge is -2.31. The number of carbonyl (C=O) groups excluding carboxylic acids is 1. The van der Waals surface area contributed by atoms with E-state index in [1.165, 1.54) is 35.2 Å². The maximum atomic E-state index is 13.3. The van der Waals surface area contributed by atoms with Crippen molar-refractivity contribution in [2.75, 3.05) is 13.1 Å². The topological polar surface area (TPSA) is 72.1 Å². The molecular formula is C20H16F4N4O2. The first-order valence-electron chi connectivity index (χ1n) is 9.24. The third-order valence-electron chi connectivity index (χ3n) is 4.92. The summed E-state index contributed by atoms with van der Waals surface area (Å²) in [5.41, 5.74) is -1.01. The Morgan fingerprint density at radius 2 is 1.97 bits per heavy atom. The molecule has 3 aromatic rings. The molecule has 0 radical (unpaired) electrons. The summed E-state index contributed by atoms with van der Waals surface area (Å²) in [6.07, 6.45) is -2.37. The first-order chi connectivity index (χ1) is 14.3. The van der Waals surface area contributed by atoms with Crippen molar-refractivity contribution in [3.05, 3.63) is 65.4 Å². The molecule has 0 spiro atoms. The van der Waals surface area contributed by atoms with Gasteiger partial charge in [-0.3, -0.25) is 4.79 Å². The summed E-state index contributed by atoms with van der Waals surface area (Å²) < 4.78 is 58.1. The highest BCUT2D eigenvalue weighted by Crippen LogP contribution is 2.34. The van der Waals surface area contributed by atoms with Gasteiger partial charge in [0.25, 0.3) is 5.91 Å². The Morgan fingerprint density at radius 1 is 1.17 bits per heavy atom. The molecule has 3 heterocycles. The van der Waals surface area contributed by atoms with E-state index in [1.807, 2.05) is 0 Å². The second-order valence-electron chi connectivity index (χ2n) is 6.95. The number of hydrogen-bond donors (Lipinski definition) is 0. The third-order valence-corrected chi connectivity index (χ3v) is 4.92. The third kappa shape index (κ3) is 4.03. The molecule has 1 unspecified atom stereocenters. The van der Waals surface area contributed by atoms with Gasteiger partial charge in [-0.2, -0.15) is 18.2 Å². The summed E-state index contributed by atoms with van der Waals surface area (Å²) in [6.45, 7) is 0.492. The lowest BCUT2D eigenvalue weighted by atomic mass is 9.96. The Kier molecular flexibility index (Phi) is 5.23. The average Bonchev–Trinajstić information content (AvgIpc) is 3.23. The maximum absolute atomic E-state index is 13.3. The minimum absolute atomic E-state index is 0.156. The van der Waals surface area contributed by atoms with Crippen LogP contribution in [0.5, 0.6) is 0 Å². The minimum Gasteiger partial charge on any atom is -0.339 e. The Balaban J connectivity index is 1.53. The smallest absolute Gasteiger partial charge is 0.339 e.